The molecule has 3 rings (SSSR count). The van der Waals surface area contributed by atoms with E-state index in [0.29, 0.717) is 18.4 Å². The Morgan fingerprint density at radius 1 is 1.38 bits per heavy atom. The van der Waals surface area contributed by atoms with Crippen molar-refractivity contribution in [3.05, 3.63) is 47.5 Å². The van der Waals surface area contributed by atoms with Gasteiger partial charge in [-0.25, -0.2) is 9.98 Å². The molecule has 1 aromatic heterocycles. The number of benzene rings is 1. The van der Waals surface area contributed by atoms with Crippen LogP contribution in [0.4, 0.5) is 5.69 Å². The molecule has 0 aliphatic carbocycles. The molecule has 1 aliphatic rings. The standard InChI is InChI=1S/C18H25N5.HI/c1-13(2)14-6-5-7-15(10-14)22-18(19)20-11-16-12-23-9-4-3-8-17(23)21-16;/h5-7,10,12-13H,3-4,8-9,11H2,1-2H3,(H3,19,20,22);1H. The predicted octanol–water partition coefficient (Wildman–Crippen LogP) is 3.89. The van der Waals surface area contributed by atoms with E-state index >= 15 is 0 Å². The number of aromatic nitrogens is 2. The molecule has 2 aromatic rings. The minimum atomic E-state index is 0. The average Bonchev–Trinajstić information content (AvgIpc) is 2.96. The van der Waals surface area contributed by atoms with Crippen molar-refractivity contribution < 1.29 is 0 Å². The van der Waals surface area contributed by atoms with E-state index in [1.54, 1.807) is 0 Å². The van der Waals surface area contributed by atoms with Gasteiger partial charge in [0.1, 0.15) is 5.82 Å². The summed E-state index contributed by atoms with van der Waals surface area (Å²) in [5.41, 5.74) is 9.25. The van der Waals surface area contributed by atoms with Crippen LogP contribution in [0.3, 0.4) is 0 Å². The highest BCUT2D eigenvalue weighted by atomic mass is 127. The number of halogens is 1. The number of anilines is 1. The molecule has 0 spiro atoms. The van der Waals surface area contributed by atoms with Crippen molar-refractivity contribution in [3.8, 4) is 0 Å². The first-order valence-electron chi connectivity index (χ1n) is 8.33. The van der Waals surface area contributed by atoms with Crippen molar-refractivity contribution in [2.24, 2.45) is 10.7 Å². The Labute approximate surface area is 160 Å². The highest BCUT2D eigenvalue weighted by Gasteiger charge is 2.11. The van der Waals surface area contributed by atoms with E-state index in [1.165, 1.54) is 24.2 Å². The lowest BCUT2D eigenvalue weighted by atomic mass is 10.0. The van der Waals surface area contributed by atoms with Crippen molar-refractivity contribution in [3.63, 3.8) is 0 Å². The molecule has 0 amide bonds. The largest absolute Gasteiger partial charge is 0.370 e. The Kier molecular flexibility index (Phi) is 6.65. The fourth-order valence-corrected chi connectivity index (χ4v) is 2.88. The van der Waals surface area contributed by atoms with Gasteiger partial charge in [-0.2, -0.15) is 0 Å². The van der Waals surface area contributed by atoms with E-state index in [2.05, 4.69) is 52.0 Å². The molecule has 24 heavy (non-hydrogen) atoms. The summed E-state index contributed by atoms with van der Waals surface area (Å²) in [5.74, 6) is 2.10. The number of nitrogens with one attached hydrogen (secondary N) is 1. The molecule has 6 heteroatoms. The zero-order valence-electron chi connectivity index (χ0n) is 14.3. The van der Waals surface area contributed by atoms with Crippen LogP contribution in [0.5, 0.6) is 0 Å². The monoisotopic (exact) mass is 439 g/mol. The highest BCUT2D eigenvalue weighted by Crippen LogP contribution is 2.18. The van der Waals surface area contributed by atoms with Crippen LogP contribution >= 0.6 is 24.0 Å². The van der Waals surface area contributed by atoms with E-state index in [9.17, 15) is 0 Å². The Balaban J connectivity index is 0.00000208. The number of aliphatic imine (C=N–C) groups is 1. The van der Waals surface area contributed by atoms with Gasteiger partial charge in [0.15, 0.2) is 5.96 Å². The number of hydrogen-bond donors (Lipinski definition) is 2. The van der Waals surface area contributed by atoms with Crippen molar-refractivity contribution in [1.82, 2.24) is 9.55 Å². The normalized spacial score (nSPS) is 14.2. The molecule has 3 N–H and O–H groups in total. The molecule has 0 atom stereocenters. The van der Waals surface area contributed by atoms with Gasteiger partial charge in [-0.15, -0.1) is 24.0 Å². The third kappa shape index (κ3) is 4.72. The lowest BCUT2D eigenvalue weighted by Gasteiger charge is -2.11. The quantitative estimate of drug-likeness (QED) is 0.432. The summed E-state index contributed by atoms with van der Waals surface area (Å²) in [7, 11) is 0. The summed E-state index contributed by atoms with van der Waals surface area (Å²) in [6.45, 7) is 5.94. The molecule has 1 aliphatic heterocycles. The van der Waals surface area contributed by atoms with Gasteiger partial charge in [-0.3, -0.25) is 0 Å². The highest BCUT2D eigenvalue weighted by molar-refractivity contribution is 14.0. The molecule has 2 heterocycles. The third-order valence-corrected chi connectivity index (χ3v) is 4.20. The number of aryl methyl sites for hydroxylation is 2. The SMILES string of the molecule is CC(C)c1cccc(NC(N)=NCc2cn3c(n2)CCCC3)c1.I. The maximum absolute atomic E-state index is 6.01. The zero-order chi connectivity index (χ0) is 16.2. The number of nitrogens with zero attached hydrogens (tertiary/aromatic N) is 3. The van der Waals surface area contributed by atoms with Crippen LogP contribution < -0.4 is 11.1 Å². The Morgan fingerprint density at radius 3 is 2.96 bits per heavy atom. The fraction of sp³-hybridized carbons (Fsp3) is 0.444. The number of guanidine groups is 1. The summed E-state index contributed by atoms with van der Waals surface area (Å²) < 4.78 is 2.24. The van der Waals surface area contributed by atoms with Crippen molar-refractivity contribution in [2.75, 3.05) is 5.32 Å². The second kappa shape index (κ2) is 8.50. The smallest absolute Gasteiger partial charge is 0.193 e. The van der Waals surface area contributed by atoms with Crippen LogP contribution in [0.1, 0.15) is 49.7 Å². The lowest BCUT2D eigenvalue weighted by molar-refractivity contribution is 0.522. The Hall–Kier alpha value is -1.57. The summed E-state index contributed by atoms with van der Waals surface area (Å²) in [4.78, 5) is 9.05. The number of imidazole rings is 1. The van der Waals surface area contributed by atoms with Crippen molar-refractivity contribution in [2.45, 2.75) is 52.1 Å². The van der Waals surface area contributed by atoms with Gasteiger partial charge >= 0.3 is 0 Å². The topological polar surface area (TPSA) is 68.2 Å². The van der Waals surface area contributed by atoms with E-state index < -0.39 is 0 Å². The molecule has 130 valence electrons. The van der Waals surface area contributed by atoms with Gasteiger partial charge in [0.05, 0.1) is 12.2 Å². The summed E-state index contributed by atoms with van der Waals surface area (Å²) >= 11 is 0. The van der Waals surface area contributed by atoms with Crippen molar-refractivity contribution in [1.29, 1.82) is 0 Å². The van der Waals surface area contributed by atoms with Gasteiger partial charge in [-0.1, -0.05) is 26.0 Å². The van der Waals surface area contributed by atoms with E-state index in [0.717, 1.165) is 24.3 Å². The molecule has 0 fully saturated rings. The van der Waals surface area contributed by atoms with Gasteiger partial charge in [0, 0.05) is 24.8 Å². The number of rotatable bonds is 4. The lowest BCUT2D eigenvalue weighted by Crippen LogP contribution is -2.22. The van der Waals surface area contributed by atoms with Crippen LogP contribution in [0.25, 0.3) is 0 Å². The molecular formula is C18H26IN5. The zero-order valence-corrected chi connectivity index (χ0v) is 16.7. The van der Waals surface area contributed by atoms with Crippen LogP contribution in [0.15, 0.2) is 35.5 Å². The second-order valence-electron chi connectivity index (χ2n) is 6.41. The summed E-state index contributed by atoms with van der Waals surface area (Å²) in [6, 6.07) is 8.28. The molecular weight excluding hydrogens is 413 g/mol. The number of fused-ring (bicyclic) bond motifs is 1. The van der Waals surface area contributed by atoms with E-state index in [4.69, 9.17) is 5.73 Å². The molecule has 0 unspecified atom stereocenters. The van der Waals surface area contributed by atoms with Crippen LogP contribution in [-0.2, 0) is 19.5 Å². The predicted molar refractivity (Wildman–Crippen MR) is 110 cm³/mol. The second-order valence-corrected chi connectivity index (χ2v) is 6.41. The summed E-state index contributed by atoms with van der Waals surface area (Å²) in [6.07, 6.45) is 5.64. The van der Waals surface area contributed by atoms with Crippen LogP contribution in [0, 0.1) is 0 Å². The molecule has 0 radical (unpaired) electrons. The number of hydrogen-bond acceptors (Lipinski definition) is 2. The van der Waals surface area contributed by atoms with E-state index in [1.807, 2.05) is 12.1 Å². The van der Waals surface area contributed by atoms with Crippen LogP contribution in [0.2, 0.25) is 0 Å². The van der Waals surface area contributed by atoms with Gasteiger partial charge in [-0.05, 0) is 36.5 Å². The Bertz CT molecular complexity index is 682. The molecule has 0 saturated heterocycles. The first kappa shape index (κ1) is 18.8. The Morgan fingerprint density at radius 2 is 2.21 bits per heavy atom. The van der Waals surface area contributed by atoms with Gasteiger partial charge in [0.25, 0.3) is 0 Å². The van der Waals surface area contributed by atoms with E-state index in [-0.39, 0.29) is 24.0 Å². The first-order chi connectivity index (χ1) is 11.1. The molecule has 1 aromatic carbocycles. The minimum absolute atomic E-state index is 0. The molecule has 5 nitrogen and oxygen atoms in total. The van der Waals surface area contributed by atoms with Crippen molar-refractivity contribution >= 4 is 35.6 Å². The number of nitrogens with two attached hydrogens (primary N) is 1. The molecule has 0 saturated carbocycles. The van der Waals surface area contributed by atoms with Gasteiger partial charge < -0.3 is 15.6 Å². The third-order valence-electron chi connectivity index (χ3n) is 4.20. The first-order valence-corrected chi connectivity index (χ1v) is 8.33. The maximum Gasteiger partial charge on any atom is 0.193 e. The van der Waals surface area contributed by atoms with Crippen LogP contribution in [-0.4, -0.2) is 15.5 Å². The average molecular weight is 439 g/mol. The van der Waals surface area contributed by atoms with Gasteiger partial charge in [0.2, 0.25) is 0 Å². The molecule has 0 bridgehead atoms. The minimum Gasteiger partial charge on any atom is -0.370 e. The summed E-state index contributed by atoms with van der Waals surface area (Å²) in [5, 5.41) is 3.16. The maximum atomic E-state index is 6.01. The fourth-order valence-electron chi connectivity index (χ4n) is 2.88.